The molecule has 1 aliphatic carbocycles. The molecule has 0 radical (unpaired) electrons. The van der Waals surface area contributed by atoms with Gasteiger partial charge in [0.1, 0.15) is 5.41 Å². The molecule has 8 nitrogen and oxygen atoms in total. The van der Waals surface area contributed by atoms with Crippen LogP contribution in [0.15, 0.2) is 35.4 Å². The molecule has 1 fully saturated rings. The average Bonchev–Trinajstić information content (AvgIpc) is 3.35. The summed E-state index contributed by atoms with van der Waals surface area (Å²) in [6.07, 6.45) is 10.0. The van der Waals surface area contributed by atoms with Crippen LogP contribution in [-0.4, -0.2) is 29.9 Å². The minimum atomic E-state index is -0.667. The molecule has 1 aliphatic rings. The molecule has 0 amide bonds. The van der Waals surface area contributed by atoms with E-state index >= 15 is 0 Å². The van der Waals surface area contributed by atoms with Crippen LogP contribution in [0.5, 0.6) is 0 Å². The highest BCUT2D eigenvalue weighted by Crippen LogP contribution is 2.40. The maximum atomic E-state index is 9.53. The molecule has 23 heavy (non-hydrogen) atoms. The van der Waals surface area contributed by atoms with Crippen LogP contribution in [0.3, 0.4) is 0 Å². The number of hydrogen-bond acceptors (Lipinski definition) is 7. The number of aromatic nitrogens is 6. The lowest BCUT2D eigenvalue weighted by Crippen LogP contribution is -2.19. The third-order valence-electron chi connectivity index (χ3n) is 4.12. The zero-order valence-corrected chi connectivity index (χ0v) is 12.3. The summed E-state index contributed by atoms with van der Waals surface area (Å²) in [5, 5.41) is 17.7. The van der Waals surface area contributed by atoms with Gasteiger partial charge in [0.05, 0.1) is 6.07 Å². The molecular formula is C15H13N7O. The van der Waals surface area contributed by atoms with Crippen molar-refractivity contribution in [2.75, 3.05) is 0 Å². The number of nitriles is 1. The Hall–Kier alpha value is -3.08. The van der Waals surface area contributed by atoms with Crippen LogP contribution in [-0.2, 0) is 5.41 Å². The van der Waals surface area contributed by atoms with Crippen molar-refractivity contribution in [2.45, 2.75) is 31.1 Å². The summed E-state index contributed by atoms with van der Waals surface area (Å²) in [4.78, 5) is 13.0. The van der Waals surface area contributed by atoms with Crippen LogP contribution in [0.25, 0.3) is 17.3 Å². The summed E-state index contributed by atoms with van der Waals surface area (Å²) in [7, 11) is 0. The largest absolute Gasteiger partial charge is 0.337 e. The molecule has 4 rings (SSSR count). The van der Waals surface area contributed by atoms with Crippen LogP contribution in [0.2, 0.25) is 0 Å². The third kappa shape index (κ3) is 2.17. The predicted octanol–water partition coefficient (Wildman–Crippen LogP) is 2.05. The van der Waals surface area contributed by atoms with E-state index in [0.29, 0.717) is 23.2 Å². The van der Waals surface area contributed by atoms with Gasteiger partial charge in [-0.15, -0.1) is 0 Å². The van der Waals surface area contributed by atoms with Crippen LogP contribution >= 0.6 is 0 Å². The number of nitrogens with zero attached hydrogens (tertiary/aromatic N) is 7. The molecule has 0 aromatic carbocycles. The van der Waals surface area contributed by atoms with E-state index in [1.165, 1.54) is 0 Å². The van der Waals surface area contributed by atoms with Gasteiger partial charge in [-0.25, -0.2) is 14.6 Å². The number of hydrogen-bond donors (Lipinski definition) is 0. The van der Waals surface area contributed by atoms with Gasteiger partial charge in [-0.05, 0) is 18.9 Å². The van der Waals surface area contributed by atoms with Gasteiger partial charge in [-0.2, -0.15) is 15.3 Å². The maximum Gasteiger partial charge on any atom is 0.247 e. The smallest absolute Gasteiger partial charge is 0.247 e. The second kappa shape index (κ2) is 5.28. The molecule has 0 bridgehead atoms. The summed E-state index contributed by atoms with van der Waals surface area (Å²) in [6.45, 7) is 0. The fraction of sp³-hybridized carbons (Fsp3) is 0.333. The van der Waals surface area contributed by atoms with Crippen molar-refractivity contribution in [3.8, 4) is 23.4 Å². The first kappa shape index (κ1) is 13.6. The first-order valence-electron chi connectivity index (χ1n) is 7.39. The van der Waals surface area contributed by atoms with E-state index in [0.717, 1.165) is 25.7 Å². The Balaban J connectivity index is 1.78. The molecular weight excluding hydrogens is 294 g/mol. The van der Waals surface area contributed by atoms with E-state index in [2.05, 4.69) is 31.3 Å². The summed E-state index contributed by atoms with van der Waals surface area (Å²) in [5.74, 6) is 1.20. The van der Waals surface area contributed by atoms with E-state index in [1.54, 1.807) is 35.5 Å². The van der Waals surface area contributed by atoms with Gasteiger partial charge in [0, 0.05) is 24.8 Å². The minimum Gasteiger partial charge on any atom is -0.337 e. The quantitative estimate of drug-likeness (QED) is 0.728. The van der Waals surface area contributed by atoms with Crippen LogP contribution in [0, 0.1) is 11.3 Å². The van der Waals surface area contributed by atoms with E-state index in [1.807, 2.05) is 0 Å². The maximum absolute atomic E-state index is 9.53. The summed E-state index contributed by atoms with van der Waals surface area (Å²) in [5.41, 5.74) is -0.198. The Morgan fingerprint density at radius 1 is 1.17 bits per heavy atom. The van der Waals surface area contributed by atoms with Crippen molar-refractivity contribution in [1.82, 2.24) is 29.9 Å². The van der Waals surface area contributed by atoms with Crippen LogP contribution in [0.4, 0.5) is 0 Å². The molecule has 0 unspecified atom stereocenters. The molecule has 0 saturated heterocycles. The topological polar surface area (TPSA) is 106 Å². The molecule has 0 atom stereocenters. The highest BCUT2D eigenvalue weighted by molar-refractivity contribution is 5.58. The fourth-order valence-electron chi connectivity index (χ4n) is 2.92. The van der Waals surface area contributed by atoms with Crippen molar-refractivity contribution in [2.24, 2.45) is 0 Å². The molecule has 1 saturated carbocycles. The molecule has 0 aliphatic heterocycles. The summed E-state index contributed by atoms with van der Waals surface area (Å²) < 4.78 is 6.98. The SMILES string of the molecule is N#CC1(c2nc(-c3nccnc3-n3cccn3)no2)CCCC1. The monoisotopic (exact) mass is 307 g/mol. The van der Waals surface area contributed by atoms with Gasteiger partial charge >= 0.3 is 0 Å². The lowest BCUT2D eigenvalue weighted by atomic mass is 9.88. The lowest BCUT2D eigenvalue weighted by Gasteiger charge is -2.13. The van der Waals surface area contributed by atoms with E-state index in [-0.39, 0.29) is 0 Å². The third-order valence-corrected chi connectivity index (χ3v) is 4.12. The summed E-state index contributed by atoms with van der Waals surface area (Å²) in [6, 6.07) is 4.15. The van der Waals surface area contributed by atoms with Crippen molar-refractivity contribution in [3.63, 3.8) is 0 Å². The van der Waals surface area contributed by atoms with E-state index < -0.39 is 5.41 Å². The van der Waals surface area contributed by atoms with Gasteiger partial charge < -0.3 is 4.52 Å². The van der Waals surface area contributed by atoms with Gasteiger partial charge in [-0.3, -0.25) is 0 Å². The van der Waals surface area contributed by atoms with Crippen LogP contribution in [0.1, 0.15) is 31.6 Å². The molecule has 3 heterocycles. The highest BCUT2D eigenvalue weighted by Gasteiger charge is 2.41. The fourth-order valence-corrected chi connectivity index (χ4v) is 2.92. The Bertz CT molecular complexity index is 856. The highest BCUT2D eigenvalue weighted by atomic mass is 16.5. The molecule has 3 aromatic heterocycles. The van der Waals surface area contributed by atoms with Gasteiger partial charge in [0.25, 0.3) is 0 Å². The number of rotatable bonds is 3. The van der Waals surface area contributed by atoms with E-state index in [4.69, 9.17) is 4.52 Å². The minimum absolute atomic E-state index is 0.320. The molecule has 114 valence electrons. The lowest BCUT2D eigenvalue weighted by molar-refractivity contribution is 0.321. The Morgan fingerprint density at radius 2 is 2.00 bits per heavy atom. The first-order valence-corrected chi connectivity index (χ1v) is 7.39. The molecule has 3 aromatic rings. The van der Waals surface area contributed by atoms with Crippen molar-refractivity contribution in [1.29, 1.82) is 5.26 Å². The first-order chi connectivity index (χ1) is 11.3. The molecule has 0 spiro atoms. The standard InChI is InChI=1S/C15H13N7O/c16-10-15(4-1-2-5-15)14-20-12(21-23-14)11-13(18-8-7-17-11)22-9-3-6-19-22/h3,6-9H,1-2,4-5H2. The zero-order chi connectivity index (χ0) is 15.7. The van der Waals surface area contributed by atoms with E-state index in [9.17, 15) is 5.26 Å². The van der Waals surface area contributed by atoms with Crippen molar-refractivity contribution in [3.05, 3.63) is 36.7 Å². The van der Waals surface area contributed by atoms with Gasteiger partial charge in [-0.1, -0.05) is 18.0 Å². The molecule has 0 N–H and O–H groups in total. The van der Waals surface area contributed by atoms with Crippen molar-refractivity contribution < 1.29 is 4.52 Å². The summed E-state index contributed by atoms with van der Waals surface area (Å²) >= 11 is 0. The van der Waals surface area contributed by atoms with Gasteiger partial charge in [0.2, 0.25) is 11.7 Å². The average molecular weight is 307 g/mol. The zero-order valence-electron chi connectivity index (χ0n) is 12.3. The van der Waals surface area contributed by atoms with Crippen molar-refractivity contribution >= 4 is 0 Å². The van der Waals surface area contributed by atoms with Gasteiger partial charge in [0.15, 0.2) is 11.5 Å². The Labute approximate surface area is 131 Å². The Morgan fingerprint density at radius 3 is 2.74 bits per heavy atom. The van der Waals surface area contributed by atoms with Crippen LogP contribution < -0.4 is 0 Å². The predicted molar refractivity (Wildman–Crippen MR) is 78.2 cm³/mol. The second-order valence-corrected chi connectivity index (χ2v) is 5.50. The normalized spacial score (nSPS) is 16.3. The Kier molecular flexibility index (Phi) is 3.12. The second-order valence-electron chi connectivity index (χ2n) is 5.50. The molecule has 8 heteroatoms.